The van der Waals surface area contributed by atoms with Crippen LogP contribution in [0.2, 0.25) is 0 Å². The molecule has 15 heavy (non-hydrogen) atoms. The summed E-state index contributed by atoms with van der Waals surface area (Å²) in [4.78, 5) is 12.5. The lowest BCUT2D eigenvalue weighted by molar-refractivity contribution is 0.829. The summed E-state index contributed by atoms with van der Waals surface area (Å²) in [6.45, 7) is 8.25. The summed E-state index contributed by atoms with van der Waals surface area (Å²) >= 11 is 0. The molecule has 2 heterocycles. The zero-order valence-electron chi connectivity index (χ0n) is 9.73. The zero-order chi connectivity index (χ0) is 11.3. The minimum atomic E-state index is 0.449. The molecule has 3 heteroatoms. The van der Waals surface area contributed by atoms with E-state index < -0.39 is 0 Å². The number of hydrogen-bond acceptors (Lipinski definition) is 3. The standard InChI is InChI=1S/C10H11N3.C2H6/c1-7(2)8-3-4-9-10(13-8)5-11-6-12-9;1-2/h3-7H,1-2H3;1-2H3. The van der Waals surface area contributed by atoms with Gasteiger partial charge < -0.3 is 0 Å². The molecule has 0 aliphatic rings. The van der Waals surface area contributed by atoms with Gasteiger partial charge in [-0.3, -0.25) is 0 Å². The van der Waals surface area contributed by atoms with E-state index in [4.69, 9.17) is 0 Å². The van der Waals surface area contributed by atoms with Crippen LogP contribution in [0.15, 0.2) is 24.7 Å². The van der Waals surface area contributed by atoms with Crippen molar-refractivity contribution in [3.8, 4) is 0 Å². The van der Waals surface area contributed by atoms with Crippen LogP contribution in [0, 0.1) is 0 Å². The largest absolute Gasteiger partial charge is 0.249 e. The van der Waals surface area contributed by atoms with Gasteiger partial charge in [-0.25, -0.2) is 15.0 Å². The Morgan fingerprint density at radius 2 is 1.80 bits per heavy atom. The zero-order valence-corrected chi connectivity index (χ0v) is 9.73. The molecule has 2 aromatic heterocycles. The molecule has 0 spiro atoms. The molecule has 0 aromatic carbocycles. The molecule has 3 nitrogen and oxygen atoms in total. The van der Waals surface area contributed by atoms with E-state index in [1.54, 1.807) is 12.5 Å². The molecular formula is C12H17N3. The number of nitrogens with zero attached hydrogens (tertiary/aromatic N) is 3. The van der Waals surface area contributed by atoms with Crippen molar-refractivity contribution in [2.45, 2.75) is 33.6 Å². The maximum absolute atomic E-state index is 4.45. The molecule has 0 atom stereocenters. The Labute approximate surface area is 90.6 Å². The molecule has 0 aliphatic carbocycles. The normalized spacial score (nSPS) is 9.93. The Morgan fingerprint density at radius 3 is 2.47 bits per heavy atom. The van der Waals surface area contributed by atoms with Crippen LogP contribution in [0.5, 0.6) is 0 Å². The van der Waals surface area contributed by atoms with E-state index >= 15 is 0 Å². The Morgan fingerprint density at radius 1 is 1.07 bits per heavy atom. The van der Waals surface area contributed by atoms with Gasteiger partial charge in [-0.1, -0.05) is 27.7 Å². The van der Waals surface area contributed by atoms with Gasteiger partial charge >= 0.3 is 0 Å². The van der Waals surface area contributed by atoms with Crippen molar-refractivity contribution in [3.63, 3.8) is 0 Å². The lowest BCUT2D eigenvalue weighted by atomic mass is 10.1. The predicted molar refractivity (Wildman–Crippen MR) is 62.8 cm³/mol. The fourth-order valence-corrected chi connectivity index (χ4v) is 1.21. The molecule has 0 fully saturated rings. The van der Waals surface area contributed by atoms with Crippen LogP contribution in [-0.4, -0.2) is 15.0 Å². The maximum Gasteiger partial charge on any atom is 0.116 e. The molecular weight excluding hydrogens is 186 g/mol. The van der Waals surface area contributed by atoms with Gasteiger partial charge in [-0.15, -0.1) is 0 Å². The fraction of sp³-hybridized carbons (Fsp3) is 0.417. The van der Waals surface area contributed by atoms with Crippen LogP contribution in [0.3, 0.4) is 0 Å². The molecule has 0 unspecified atom stereocenters. The van der Waals surface area contributed by atoms with Crippen LogP contribution in [0.25, 0.3) is 11.0 Å². The second-order valence-electron chi connectivity index (χ2n) is 3.32. The Balaban J connectivity index is 0.000000531. The summed E-state index contributed by atoms with van der Waals surface area (Å²) < 4.78 is 0. The van der Waals surface area contributed by atoms with E-state index in [9.17, 15) is 0 Å². The summed E-state index contributed by atoms with van der Waals surface area (Å²) in [5.74, 6) is 0.449. The minimum Gasteiger partial charge on any atom is -0.249 e. The topological polar surface area (TPSA) is 38.7 Å². The van der Waals surface area contributed by atoms with E-state index in [0.717, 1.165) is 16.7 Å². The van der Waals surface area contributed by atoms with E-state index in [-0.39, 0.29) is 0 Å². The van der Waals surface area contributed by atoms with Gasteiger partial charge in [0, 0.05) is 5.69 Å². The van der Waals surface area contributed by atoms with Crippen molar-refractivity contribution in [3.05, 3.63) is 30.4 Å². The summed E-state index contributed by atoms with van der Waals surface area (Å²) in [7, 11) is 0. The van der Waals surface area contributed by atoms with Crippen LogP contribution >= 0.6 is 0 Å². The fourth-order valence-electron chi connectivity index (χ4n) is 1.21. The first kappa shape index (κ1) is 11.6. The first-order chi connectivity index (χ1) is 7.27. The van der Waals surface area contributed by atoms with Crippen LogP contribution in [0.4, 0.5) is 0 Å². The summed E-state index contributed by atoms with van der Waals surface area (Å²) in [6.07, 6.45) is 3.28. The van der Waals surface area contributed by atoms with Crippen LogP contribution in [0.1, 0.15) is 39.3 Å². The average molecular weight is 203 g/mol. The maximum atomic E-state index is 4.45. The molecule has 0 radical (unpaired) electrons. The lowest BCUT2D eigenvalue weighted by Gasteiger charge is -2.04. The quantitative estimate of drug-likeness (QED) is 0.714. The van der Waals surface area contributed by atoms with Gasteiger partial charge in [-0.2, -0.15) is 0 Å². The SMILES string of the molecule is CC.CC(C)c1ccc2ncncc2n1. The van der Waals surface area contributed by atoms with Gasteiger partial charge in [0.25, 0.3) is 0 Å². The third-order valence-electron chi connectivity index (χ3n) is 1.98. The Bertz CT molecular complexity index is 424. The number of pyridine rings is 1. The minimum absolute atomic E-state index is 0.449. The van der Waals surface area contributed by atoms with E-state index in [1.165, 1.54) is 0 Å². The van der Waals surface area contributed by atoms with E-state index in [1.807, 2.05) is 26.0 Å². The monoisotopic (exact) mass is 203 g/mol. The molecule has 0 bridgehead atoms. The molecule has 80 valence electrons. The van der Waals surface area contributed by atoms with Gasteiger partial charge in [0.15, 0.2) is 0 Å². The first-order valence-corrected chi connectivity index (χ1v) is 5.34. The van der Waals surface area contributed by atoms with Crippen molar-refractivity contribution in [1.82, 2.24) is 15.0 Å². The highest BCUT2D eigenvalue weighted by atomic mass is 14.9. The second-order valence-corrected chi connectivity index (χ2v) is 3.32. The molecule has 0 saturated carbocycles. The van der Waals surface area contributed by atoms with Gasteiger partial charge in [-0.05, 0) is 18.1 Å². The highest BCUT2D eigenvalue weighted by Gasteiger charge is 2.02. The third kappa shape index (κ3) is 2.72. The predicted octanol–water partition coefficient (Wildman–Crippen LogP) is 3.17. The number of hydrogen-bond donors (Lipinski definition) is 0. The smallest absolute Gasteiger partial charge is 0.116 e. The number of fused-ring (bicyclic) bond motifs is 1. The molecule has 2 rings (SSSR count). The molecule has 0 amide bonds. The number of aromatic nitrogens is 3. The first-order valence-electron chi connectivity index (χ1n) is 5.34. The Hall–Kier alpha value is -1.51. The van der Waals surface area contributed by atoms with E-state index in [0.29, 0.717) is 5.92 Å². The van der Waals surface area contributed by atoms with Gasteiger partial charge in [0.2, 0.25) is 0 Å². The Kier molecular flexibility index (Phi) is 4.16. The van der Waals surface area contributed by atoms with Crippen molar-refractivity contribution in [1.29, 1.82) is 0 Å². The van der Waals surface area contributed by atoms with Crippen molar-refractivity contribution in [2.24, 2.45) is 0 Å². The van der Waals surface area contributed by atoms with E-state index in [2.05, 4.69) is 28.8 Å². The summed E-state index contributed by atoms with van der Waals surface area (Å²) in [5.41, 5.74) is 2.86. The molecule has 0 aliphatic heterocycles. The second kappa shape index (κ2) is 5.39. The van der Waals surface area contributed by atoms with Crippen molar-refractivity contribution < 1.29 is 0 Å². The highest BCUT2D eigenvalue weighted by Crippen LogP contribution is 2.14. The summed E-state index contributed by atoms with van der Waals surface area (Å²) in [5, 5.41) is 0. The molecule has 0 N–H and O–H groups in total. The lowest BCUT2D eigenvalue weighted by Crippen LogP contribution is -1.93. The van der Waals surface area contributed by atoms with Gasteiger partial charge in [0.1, 0.15) is 11.8 Å². The van der Waals surface area contributed by atoms with Crippen molar-refractivity contribution in [2.75, 3.05) is 0 Å². The third-order valence-corrected chi connectivity index (χ3v) is 1.98. The van der Waals surface area contributed by atoms with Crippen LogP contribution in [-0.2, 0) is 0 Å². The highest BCUT2D eigenvalue weighted by molar-refractivity contribution is 5.72. The number of rotatable bonds is 1. The van der Waals surface area contributed by atoms with Gasteiger partial charge in [0.05, 0.1) is 11.7 Å². The van der Waals surface area contributed by atoms with Crippen LogP contribution < -0.4 is 0 Å². The summed E-state index contributed by atoms with van der Waals surface area (Å²) in [6, 6.07) is 4.00. The van der Waals surface area contributed by atoms with Crippen molar-refractivity contribution >= 4 is 11.0 Å². The molecule has 0 saturated heterocycles. The molecule has 2 aromatic rings. The average Bonchev–Trinajstić information content (AvgIpc) is 2.31.